The molecule has 2 fully saturated rings. The van der Waals surface area contributed by atoms with E-state index in [1.165, 1.54) is 37.8 Å². The van der Waals surface area contributed by atoms with Gasteiger partial charge in [-0.25, -0.2) is 14.4 Å². The van der Waals surface area contributed by atoms with E-state index >= 15 is 0 Å². The summed E-state index contributed by atoms with van der Waals surface area (Å²) in [4.78, 5) is 11.3. The third-order valence-corrected chi connectivity index (χ3v) is 7.03. The van der Waals surface area contributed by atoms with Crippen molar-refractivity contribution in [1.29, 1.82) is 0 Å². The molecule has 180 valence electrons. The highest BCUT2D eigenvalue weighted by atomic mass is 35.5. The van der Waals surface area contributed by atoms with E-state index in [1.807, 2.05) is 12.1 Å². The van der Waals surface area contributed by atoms with Crippen LogP contribution in [0.4, 0.5) is 15.9 Å². The second-order valence-electron chi connectivity index (χ2n) is 8.86. The Kier molecular flexibility index (Phi) is 6.99. The van der Waals surface area contributed by atoms with Gasteiger partial charge in [0.2, 0.25) is 0 Å². The van der Waals surface area contributed by atoms with Gasteiger partial charge in [0.1, 0.15) is 18.0 Å². The third kappa shape index (κ3) is 4.89. The molecular weight excluding hydrogens is 457 g/mol. The van der Waals surface area contributed by atoms with Crippen LogP contribution < -0.4 is 20.1 Å². The van der Waals surface area contributed by atoms with Crippen molar-refractivity contribution in [2.75, 3.05) is 45.2 Å². The number of anilines is 2. The number of piperidine rings is 1. The molecule has 2 aromatic carbocycles. The largest absolute Gasteiger partial charge is 0.493 e. The number of ether oxygens (including phenoxy) is 2. The Morgan fingerprint density at radius 2 is 2.12 bits per heavy atom. The molecule has 3 heterocycles. The Morgan fingerprint density at radius 1 is 1.21 bits per heavy atom. The van der Waals surface area contributed by atoms with E-state index < -0.39 is 5.82 Å². The van der Waals surface area contributed by atoms with Gasteiger partial charge in [-0.3, -0.25) is 4.90 Å². The molecule has 2 N–H and O–H groups in total. The monoisotopic (exact) mass is 485 g/mol. The predicted molar refractivity (Wildman–Crippen MR) is 132 cm³/mol. The lowest BCUT2D eigenvalue weighted by molar-refractivity contribution is 0.116. The molecule has 5 rings (SSSR count). The Balaban J connectivity index is 1.29. The molecular formula is C25H29ClFN5O2. The topological polar surface area (TPSA) is 71.5 Å². The number of likely N-dealkylation sites (tertiary alicyclic amines) is 1. The van der Waals surface area contributed by atoms with Crippen molar-refractivity contribution in [3.8, 4) is 11.5 Å². The van der Waals surface area contributed by atoms with Gasteiger partial charge in [0.15, 0.2) is 11.5 Å². The average molecular weight is 486 g/mol. The van der Waals surface area contributed by atoms with E-state index in [2.05, 4.69) is 25.5 Å². The zero-order valence-corrected chi connectivity index (χ0v) is 19.9. The van der Waals surface area contributed by atoms with Crippen molar-refractivity contribution in [1.82, 2.24) is 20.2 Å². The van der Waals surface area contributed by atoms with Crippen molar-refractivity contribution in [3.05, 3.63) is 47.5 Å². The van der Waals surface area contributed by atoms with Crippen LogP contribution in [-0.4, -0.2) is 60.8 Å². The highest BCUT2D eigenvalue weighted by Crippen LogP contribution is 2.35. The molecule has 0 saturated carbocycles. The molecule has 2 unspecified atom stereocenters. The van der Waals surface area contributed by atoms with Crippen LogP contribution in [0.25, 0.3) is 10.9 Å². The third-order valence-electron chi connectivity index (χ3n) is 6.74. The fraction of sp³-hybridized carbons (Fsp3) is 0.440. The van der Waals surface area contributed by atoms with Crippen LogP contribution in [0.2, 0.25) is 5.02 Å². The lowest BCUT2D eigenvalue weighted by Gasteiger charge is -2.37. The number of methoxy groups -OCH3 is 1. The number of nitrogens with zero attached hydrogens (tertiary/aromatic N) is 3. The lowest BCUT2D eigenvalue weighted by atomic mass is 9.92. The lowest BCUT2D eigenvalue weighted by Crippen LogP contribution is -2.45. The molecule has 2 saturated heterocycles. The number of fused-ring (bicyclic) bond motifs is 2. The van der Waals surface area contributed by atoms with Gasteiger partial charge in [-0.2, -0.15) is 0 Å². The fourth-order valence-corrected chi connectivity index (χ4v) is 5.22. The van der Waals surface area contributed by atoms with Gasteiger partial charge < -0.3 is 20.1 Å². The molecule has 0 aliphatic carbocycles. The molecule has 3 aromatic rings. The Labute approximate surface area is 203 Å². The summed E-state index contributed by atoms with van der Waals surface area (Å²) in [6.07, 6.45) is 5.02. The van der Waals surface area contributed by atoms with Gasteiger partial charge >= 0.3 is 0 Å². The Hall–Kier alpha value is -2.68. The minimum Gasteiger partial charge on any atom is -0.493 e. The summed E-state index contributed by atoms with van der Waals surface area (Å²) < 4.78 is 25.3. The van der Waals surface area contributed by atoms with Crippen molar-refractivity contribution in [2.24, 2.45) is 5.92 Å². The van der Waals surface area contributed by atoms with E-state index in [1.54, 1.807) is 13.2 Å². The molecule has 34 heavy (non-hydrogen) atoms. The van der Waals surface area contributed by atoms with Gasteiger partial charge in [0.05, 0.1) is 24.3 Å². The molecule has 2 atom stereocenters. The van der Waals surface area contributed by atoms with Crippen LogP contribution in [0.15, 0.2) is 36.7 Å². The van der Waals surface area contributed by atoms with Crippen molar-refractivity contribution < 1.29 is 13.9 Å². The van der Waals surface area contributed by atoms with Crippen LogP contribution in [0.3, 0.4) is 0 Å². The molecule has 0 bridgehead atoms. The van der Waals surface area contributed by atoms with Crippen LogP contribution in [0.1, 0.15) is 19.3 Å². The first-order valence-corrected chi connectivity index (χ1v) is 12.1. The fourth-order valence-electron chi connectivity index (χ4n) is 5.04. The summed E-state index contributed by atoms with van der Waals surface area (Å²) in [6, 6.07) is 8.85. The molecule has 0 radical (unpaired) electrons. The number of hydrogen-bond donors (Lipinski definition) is 2. The van der Waals surface area contributed by atoms with Gasteiger partial charge in [-0.1, -0.05) is 11.6 Å². The average Bonchev–Trinajstić information content (AvgIpc) is 3.34. The van der Waals surface area contributed by atoms with Crippen molar-refractivity contribution in [3.63, 3.8) is 0 Å². The zero-order chi connectivity index (χ0) is 23.5. The summed E-state index contributed by atoms with van der Waals surface area (Å²) in [5, 5.41) is 7.55. The smallest absolute Gasteiger partial charge is 0.162 e. The minimum absolute atomic E-state index is 0.0439. The molecule has 9 heteroatoms. The predicted octanol–water partition coefficient (Wildman–Crippen LogP) is 4.63. The molecule has 2 aliphatic rings. The second kappa shape index (κ2) is 10.3. The van der Waals surface area contributed by atoms with Crippen LogP contribution in [-0.2, 0) is 0 Å². The molecule has 2 aliphatic heterocycles. The highest BCUT2D eigenvalue weighted by Gasteiger charge is 2.34. The van der Waals surface area contributed by atoms with Crippen molar-refractivity contribution in [2.45, 2.75) is 25.3 Å². The number of hydrogen-bond acceptors (Lipinski definition) is 7. The normalized spacial score (nSPS) is 20.3. The highest BCUT2D eigenvalue weighted by molar-refractivity contribution is 6.31. The van der Waals surface area contributed by atoms with E-state index in [0.29, 0.717) is 41.2 Å². The zero-order valence-electron chi connectivity index (χ0n) is 19.2. The summed E-state index contributed by atoms with van der Waals surface area (Å²) in [7, 11) is 1.62. The summed E-state index contributed by atoms with van der Waals surface area (Å²) in [6.45, 7) is 5.03. The van der Waals surface area contributed by atoms with E-state index in [9.17, 15) is 4.39 Å². The van der Waals surface area contributed by atoms with E-state index in [-0.39, 0.29) is 5.02 Å². The first-order chi connectivity index (χ1) is 16.6. The van der Waals surface area contributed by atoms with Crippen LogP contribution in [0.5, 0.6) is 11.5 Å². The van der Waals surface area contributed by atoms with Gasteiger partial charge in [-0.15, -0.1) is 0 Å². The van der Waals surface area contributed by atoms with Crippen molar-refractivity contribution >= 4 is 34.0 Å². The number of benzene rings is 2. The van der Waals surface area contributed by atoms with Gasteiger partial charge in [-0.05, 0) is 62.5 Å². The van der Waals surface area contributed by atoms with Gasteiger partial charge in [0, 0.05) is 36.3 Å². The Bertz CT molecular complexity index is 1160. The maximum absolute atomic E-state index is 13.5. The standard InChI is InChI=1S/C25H29ClFN5O2/c1-33-23-12-21-18(25(30-15-29-21)31-17-5-6-20(27)19(26)10-17)11-24(23)34-9-3-8-32-7-2-4-16-13-28-14-22(16)32/h5-6,10-12,15-16,22,28H,2-4,7-9,13-14H2,1H3,(H,29,30,31). The van der Waals surface area contributed by atoms with E-state index in [4.69, 9.17) is 21.1 Å². The summed E-state index contributed by atoms with van der Waals surface area (Å²) >= 11 is 5.93. The van der Waals surface area contributed by atoms with Gasteiger partial charge in [0.25, 0.3) is 0 Å². The second-order valence-corrected chi connectivity index (χ2v) is 9.27. The van der Waals surface area contributed by atoms with E-state index in [0.717, 1.165) is 37.4 Å². The maximum atomic E-state index is 13.5. The number of rotatable bonds is 8. The summed E-state index contributed by atoms with van der Waals surface area (Å²) in [5.74, 6) is 2.17. The van der Waals surface area contributed by atoms with Crippen LogP contribution >= 0.6 is 11.6 Å². The quantitative estimate of drug-likeness (QED) is 0.451. The Morgan fingerprint density at radius 3 is 2.97 bits per heavy atom. The number of nitrogens with one attached hydrogen (secondary N) is 2. The first-order valence-electron chi connectivity index (χ1n) is 11.7. The van der Waals surface area contributed by atoms with Crippen LogP contribution in [0, 0.1) is 11.7 Å². The molecule has 1 aromatic heterocycles. The minimum atomic E-state index is -0.468. The number of aromatic nitrogens is 2. The maximum Gasteiger partial charge on any atom is 0.162 e. The first kappa shape index (κ1) is 23.1. The molecule has 7 nitrogen and oxygen atoms in total. The SMILES string of the molecule is COc1cc2ncnc(Nc3ccc(F)c(Cl)c3)c2cc1OCCCN1CCCC2CNCC21. The molecule has 0 amide bonds. The summed E-state index contributed by atoms with van der Waals surface area (Å²) in [5.41, 5.74) is 1.34. The number of halogens is 2. The molecule has 0 spiro atoms.